The molecule has 0 aliphatic carbocycles. The number of halogens is 1. The van der Waals surface area contributed by atoms with Crippen LogP contribution in [-0.2, 0) is 4.74 Å². The molecule has 1 amide bonds. The molecule has 1 fully saturated rings. The number of amides is 1. The zero-order valence-electron chi connectivity index (χ0n) is 10.4. The maximum absolute atomic E-state index is 12.2. The number of hydrogen-bond acceptors (Lipinski definition) is 3. The summed E-state index contributed by atoms with van der Waals surface area (Å²) < 4.78 is 5.46. The molecule has 0 radical (unpaired) electrons. The van der Waals surface area contributed by atoms with Gasteiger partial charge in [0.2, 0.25) is 0 Å². The highest BCUT2D eigenvalue weighted by Gasteiger charge is 2.38. The summed E-state index contributed by atoms with van der Waals surface area (Å²) in [6.07, 6.45) is 0.716. The predicted molar refractivity (Wildman–Crippen MR) is 69.0 cm³/mol. The van der Waals surface area contributed by atoms with E-state index in [1.54, 1.807) is 0 Å². The Morgan fingerprint density at radius 2 is 2.33 bits per heavy atom. The van der Waals surface area contributed by atoms with Gasteiger partial charge in [0.25, 0.3) is 5.91 Å². The quantitative estimate of drug-likeness (QED) is 0.866. The van der Waals surface area contributed by atoms with Gasteiger partial charge < -0.3 is 15.2 Å². The first-order valence-corrected chi connectivity index (χ1v) is 6.23. The van der Waals surface area contributed by atoms with E-state index in [-0.39, 0.29) is 23.3 Å². The van der Waals surface area contributed by atoms with E-state index in [1.165, 1.54) is 18.2 Å². The van der Waals surface area contributed by atoms with Crippen LogP contribution in [-0.4, -0.2) is 29.3 Å². The highest BCUT2D eigenvalue weighted by atomic mass is 35.5. The van der Waals surface area contributed by atoms with Crippen LogP contribution in [0.5, 0.6) is 5.75 Å². The second-order valence-electron chi connectivity index (χ2n) is 4.80. The van der Waals surface area contributed by atoms with Crippen molar-refractivity contribution in [1.29, 1.82) is 0 Å². The van der Waals surface area contributed by atoms with Gasteiger partial charge in [-0.2, -0.15) is 0 Å². The van der Waals surface area contributed by atoms with E-state index in [0.717, 1.165) is 6.42 Å². The Bertz CT molecular complexity index is 477. The van der Waals surface area contributed by atoms with E-state index in [4.69, 9.17) is 16.3 Å². The maximum atomic E-state index is 12.2. The van der Waals surface area contributed by atoms with E-state index in [2.05, 4.69) is 5.32 Å². The molecular weight excluding hydrogens is 254 g/mol. The van der Waals surface area contributed by atoms with Crippen molar-refractivity contribution in [2.24, 2.45) is 0 Å². The molecule has 98 valence electrons. The van der Waals surface area contributed by atoms with Gasteiger partial charge in [0.1, 0.15) is 5.75 Å². The molecule has 0 saturated carbocycles. The van der Waals surface area contributed by atoms with Crippen LogP contribution in [0.4, 0.5) is 0 Å². The molecule has 18 heavy (non-hydrogen) atoms. The summed E-state index contributed by atoms with van der Waals surface area (Å²) in [4.78, 5) is 12.2. The first-order valence-electron chi connectivity index (χ1n) is 5.85. The lowest BCUT2D eigenvalue weighted by Gasteiger charge is -2.29. The number of ether oxygens (including phenoxy) is 1. The van der Waals surface area contributed by atoms with Crippen LogP contribution in [0, 0.1) is 0 Å². The first kappa shape index (κ1) is 13.2. The Balaban J connectivity index is 2.19. The normalized spacial score (nSPS) is 27.2. The van der Waals surface area contributed by atoms with Gasteiger partial charge >= 0.3 is 0 Å². The van der Waals surface area contributed by atoms with E-state index in [9.17, 15) is 9.90 Å². The SMILES string of the molecule is CC1OCCC1(C)NC(=O)c1cc(O)ccc1Cl. The summed E-state index contributed by atoms with van der Waals surface area (Å²) in [5.74, 6) is -0.277. The zero-order valence-corrected chi connectivity index (χ0v) is 11.1. The second-order valence-corrected chi connectivity index (χ2v) is 5.21. The van der Waals surface area contributed by atoms with Crippen molar-refractivity contribution in [3.8, 4) is 5.75 Å². The number of hydrogen-bond donors (Lipinski definition) is 2. The van der Waals surface area contributed by atoms with Crippen LogP contribution in [0.3, 0.4) is 0 Å². The lowest BCUT2D eigenvalue weighted by atomic mass is 9.94. The van der Waals surface area contributed by atoms with Crippen molar-refractivity contribution in [1.82, 2.24) is 5.32 Å². The summed E-state index contributed by atoms with van der Waals surface area (Å²) in [6, 6.07) is 4.31. The van der Waals surface area contributed by atoms with Gasteiger partial charge in [0.15, 0.2) is 0 Å². The molecule has 1 aliphatic rings. The summed E-state index contributed by atoms with van der Waals surface area (Å²) >= 11 is 5.96. The van der Waals surface area contributed by atoms with Gasteiger partial charge in [-0.25, -0.2) is 0 Å². The molecule has 1 aromatic rings. The number of phenols is 1. The average Bonchev–Trinajstić information content (AvgIpc) is 2.62. The van der Waals surface area contributed by atoms with Crippen LogP contribution in [0.25, 0.3) is 0 Å². The number of aromatic hydroxyl groups is 1. The summed E-state index contributed by atoms with van der Waals surface area (Å²) in [7, 11) is 0. The highest BCUT2D eigenvalue weighted by Crippen LogP contribution is 2.27. The number of nitrogens with one attached hydrogen (secondary N) is 1. The molecule has 2 unspecified atom stereocenters. The number of phenolic OH excluding ortho intramolecular Hbond substituents is 1. The molecule has 5 heteroatoms. The van der Waals surface area contributed by atoms with Crippen molar-refractivity contribution < 1.29 is 14.6 Å². The van der Waals surface area contributed by atoms with E-state index >= 15 is 0 Å². The van der Waals surface area contributed by atoms with Crippen LogP contribution in [0.15, 0.2) is 18.2 Å². The predicted octanol–water partition coefficient (Wildman–Crippen LogP) is 2.34. The molecule has 0 spiro atoms. The van der Waals surface area contributed by atoms with Crippen molar-refractivity contribution in [2.45, 2.75) is 31.9 Å². The Kier molecular flexibility index (Phi) is 3.50. The number of benzene rings is 1. The zero-order chi connectivity index (χ0) is 13.3. The third-order valence-corrected chi connectivity index (χ3v) is 3.81. The van der Waals surface area contributed by atoms with E-state index in [1.807, 2.05) is 13.8 Å². The maximum Gasteiger partial charge on any atom is 0.253 e. The van der Waals surface area contributed by atoms with Gasteiger partial charge in [0, 0.05) is 6.61 Å². The lowest BCUT2D eigenvalue weighted by molar-refractivity contribution is 0.0727. The fourth-order valence-corrected chi connectivity index (χ4v) is 2.22. The molecular formula is C13H16ClNO3. The molecule has 1 heterocycles. The van der Waals surface area contributed by atoms with Crippen molar-refractivity contribution in [3.63, 3.8) is 0 Å². The summed E-state index contributed by atoms with van der Waals surface area (Å²) in [5.41, 5.74) is -0.122. The third kappa shape index (κ3) is 2.44. The van der Waals surface area contributed by atoms with Crippen molar-refractivity contribution in [2.75, 3.05) is 6.61 Å². The van der Waals surface area contributed by atoms with Gasteiger partial charge in [-0.3, -0.25) is 4.79 Å². The minimum atomic E-state index is -0.397. The lowest BCUT2D eigenvalue weighted by Crippen LogP contribution is -2.50. The summed E-state index contributed by atoms with van der Waals surface area (Å²) in [6.45, 7) is 4.50. The Morgan fingerprint density at radius 1 is 1.61 bits per heavy atom. The molecule has 4 nitrogen and oxygen atoms in total. The van der Waals surface area contributed by atoms with Crippen molar-refractivity contribution in [3.05, 3.63) is 28.8 Å². The molecule has 0 bridgehead atoms. The number of carbonyl (C=O) groups excluding carboxylic acids is 1. The van der Waals surface area contributed by atoms with Crippen molar-refractivity contribution >= 4 is 17.5 Å². The minimum Gasteiger partial charge on any atom is -0.508 e. The molecule has 2 atom stereocenters. The van der Waals surface area contributed by atoms with E-state index < -0.39 is 5.54 Å². The number of rotatable bonds is 2. The molecule has 2 N–H and O–H groups in total. The highest BCUT2D eigenvalue weighted by molar-refractivity contribution is 6.33. The largest absolute Gasteiger partial charge is 0.508 e. The molecule has 1 aliphatic heterocycles. The van der Waals surface area contributed by atoms with Gasteiger partial charge in [-0.15, -0.1) is 0 Å². The molecule has 1 saturated heterocycles. The second kappa shape index (κ2) is 4.78. The fraction of sp³-hybridized carbons (Fsp3) is 0.462. The summed E-state index contributed by atoms with van der Waals surface area (Å²) in [5, 5.41) is 12.6. The minimum absolute atomic E-state index is 0.0189. The fourth-order valence-electron chi connectivity index (χ4n) is 2.01. The topological polar surface area (TPSA) is 58.6 Å². The first-order chi connectivity index (χ1) is 8.42. The monoisotopic (exact) mass is 269 g/mol. The Labute approximate surface area is 111 Å². The van der Waals surface area contributed by atoms with Gasteiger partial charge in [-0.05, 0) is 38.5 Å². The van der Waals surface area contributed by atoms with Crippen LogP contribution >= 0.6 is 11.6 Å². The molecule has 0 aromatic heterocycles. The number of carbonyl (C=O) groups is 1. The average molecular weight is 270 g/mol. The Morgan fingerprint density at radius 3 is 2.94 bits per heavy atom. The Hall–Kier alpha value is -1.26. The third-order valence-electron chi connectivity index (χ3n) is 3.48. The van der Waals surface area contributed by atoms with Crippen LogP contribution in [0.1, 0.15) is 30.6 Å². The molecule has 2 rings (SSSR count). The van der Waals surface area contributed by atoms with Gasteiger partial charge in [0.05, 0.1) is 22.2 Å². The standard InChI is InChI=1S/C13H16ClNO3/c1-8-13(2,5-6-18-8)15-12(17)10-7-9(16)3-4-11(10)14/h3-4,7-8,16H,5-6H2,1-2H3,(H,15,17). The smallest absolute Gasteiger partial charge is 0.253 e. The van der Waals surface area contributed by atoms with Gasteiger partial charge in [-0.1, -0.05) is 11.6 Å². The molecule has 1 aromatic carbocycles. The van der Waals surface area contributed by atoms with Crippen LogP contribution < -0.4 is 5.32 Å². The van der Waals surface area contributed by atoms with E-state index in [0.29, 0.717) is 11.6 Å². The van der Waals surface area contributed by atoms with Crippen LogP contribution in [0.2, 0.25) is 5.02 Å².